The summed E-state index contributed by atoms with van der Waals surface area (Å²) in [6, 6.07) is 9.96. The SMILES string of the molecule is Cn1nc(NC(=N)c2ccc(OC(F)(F)F)cc2)c2ccc(C=O)cc21. The van der Waals surface area contributed by atoms with Gasteiger partial charge in [-0.05, 0) is 36.4 Å². The summed E-state index contributed by atoms with van der Waals surface area (Å²) in [5, 5.41) is 15.9. The van der Waals surface area contributed by atoms with Crippen molar-refractivity contribution in [2.24, 2.45) is 7.05 Å². The molecule has 3 aromatic rings. The summed E-state index contributed by atoms with van der Waals surface area (Å²) in [6.07, 6.45) is -4.04. The maximum atomic E-state index is 12.2. The Labute approximate surface area is 145 Å². The van der Waals surface area contributed by atoms with Crippen molar-refractivity contribution in [2.75, 3.05) is 5.32 Å². The highest BCUT2D eigenvalue weighted by Crippen LogP contribution is 2.25. The minimum atomic E-state index is -4.76. The predicted octanol–water partition coefficient (Wildman–Crippen LogP) is 3.72. The number of carbonyl (C=O) groups is 1. The van der Waals surface area contributed by atoms with Gasteiger partial charge in [0.05, 0.1) is 5.52 Å². The molecule has 0 aliphatic rings. The molecule has 0 bridgehead atoms. The van der Waals surface area contributed by atoms with Crippen LogP contribution in [0.3, 0.4) is 0 Å². The molecule has 0 fully saturated rings. The first-order chi connectivity index (χ1) is 12.3. The van der Waals surface area contributed by atoms with Gasteiger partial charge in [-0.15, -0.1) is 13.2 Å². The topological polar surface area (TPSA) is 80.0 Å². The van der Waals surface area contributed by atoms with Crippen molar-refractivity contribution in [3.8, 4) is 5.75 Å². The maximum absolute atomic E-state index is 12.2. The fourth-order valence-electron chi connectivity index (χ4n) is 2.45. The molecular formula is C17H13F3N4O2. The number of hydrogen-bond acceptors (Lipinski definition) is 4. The molecule has 0 atom stereocenters. The number of anilines is 1. The molecular weight excluding hydrogens is 349 g/mol. The number of ether oxygens (including phenoxy) is 1. The van der Waals surface area contributed by atoms with Crippen molar-refractivity contribution in [1.82, 2.24) is 9.78 Å². The second-order valence-electron chi connectivity index (χ2n) is 5.44. The molecule has 3 rings (SSSR count). The molecule has 0 saturated heterocycles. The van der Waals surface area contributed by atoms with Crippen molar-refractivity contribution in [1.29, 1.82) is 5.41 Å². The van der Waals surface area contributed by atoms with Gasteiger partial charge in [0.25, 0.3) is 0 Å². The predicted molar refractivity (Wildman–Crippen MR) is 89.7 cm³/mol. The van der Waals surface area contributed by atoms with E-state index in [1.807, 2.05) is 0 Å². The lowest BCUT2D eigenvalue weighted by atomic mass is 10.1. The van der Waals surface area contributed by atoms with Crippen molar-refractivity contribution in [3.63, 3.8) is 0 Å². The number of alkyl halides is 3. The van der Waals surface area contributed by atoms with E-state index in [2.05, 4.69) is 15.2 Å². The van der Waals surface area contributed by atoms with Crippen LogP contribution in [0.4, 0.5) is 19.0 Å². The van der Waals surface area contributed by atoms with E-state index in [9.17, 15) is 18.0 Å². The number of aryl methyl sites for hydroxylation is 1. The molecule has 1 heterocycles. The zero-order valence-corrected chi connectivity index (χ0v) is 13.5. The van der Waals surface area contributed by atoms with E-state index in [1.54, 1.807) is 29.9 Å². The van der Waals surface area contributed by atoms with Crippen LogP contribution in [0.25, 0.3) is 10.9 Å². The zero-order valence-electron chi connectivity index (χ0n) is 13.5. The lowest BCUT2D eigenvalue weighted by molar-refractivity contribution is -0.274. The van der Waals surface area contributed by atoms with Gasteiger partial charge in [0.15, 0.2) is 5.82 Å². The summed E-state index contributed by atoms with van der Waals surface area (Å²) in [4.78, 5) is 10.9. The third kappa shape index (κ3) is 3.66. The van der Waals surface area contributed by atoms with Gasteiger partial charge in [0.2, 0.25) is 0 Å². The van der Waals surface area contributed by atoms with E-state index in [1.165, 1.54) is 12.1 Å². The first-order valence-corrected chi connectivity index (χ1v) is 7.40. The van der Waals surface area contributed by atoms with Crippen molar-refractivity contribution in [2.45, 2.75) is 6.36 Å². The average Bonchev–Trinajstić information content (AvgIpc) is 2.89. The number of amidine groups is 1. The molecule has 0 saturated carbocycles. The van der Waals surface area contributed by atoms with E-state index in [0.717, 1.165) is 18.4 Å². The highest BCUT2D eigenvalue weighted by molar-refractivity contribution is 6.09. The normalized spacial score (nSPS) is 11.4. The van der Waals surface area contributed by atoms with E-state index < -0.39 is 6.36 Å². The number of aldehydes is 1. The van der Waals surface area contributed by atoms with E-state index in [-0.39, 0.29) is 11.6 Å². The van der Waals surface area contributed by atoms with Crippen molar-refractivity contribution in [3.05, 3.63) is 53.6 Å². The quantitative estimate of drug-likeness (QED) is 0.421. The number of nitrogens with zero attached hydrogens (tertiary/aromatic N) is 2. The Kier molecular flexibility index (Phi) is 4.37. The number of fused-ring (bicyclic) bond motifs is 1. The van der Waals surface area contributed by atoms with Gasteiger partial charge >= 0.3 is 6.36 Å². The Bertz CT molecular complexity index is 978. The molecule has 9 heteroatoms. The Morgan fingerprint density at radius 2 is 1.92 bits per heavy atom. The number of carbonyl (C=O) groups excluding carboxylic acids is 1. The third-order valence-electron chi connectivity index (χ3n) is 3.63. The van der Waals surface area contributed by atoms with Gasteiger partial charge in [0.1, 0.15) is 17.9 Å². The molecule has 0 radical (unpaired) electrons. The fraction of sp³-hybridized carbons (Fsp3) is 0.118. The number of hydrogen-bond donors (Lipinski definition) is 2. The highest BCUT2D eigenvalue weighted by Gasteiger charge is 2.31. The molecule has 0 amide bonds. The molecule has 2 N–H and O–H groups in total. The van der Waals surface area contributed by atoms with Crippen LogP contribution in [0.1, 0.15) is 15.9 Å². The molecule has 0 aliphatic carbocycles. The van der Waals surface area contributed by atoms with Gasteiger partial charge in [0, 0.05) is 23.6 Å². The van der Waals surface area contributed by atoms with Crippen LogP contribution in [0, 0.1) is 5.41 Å². The molecule has 134 valence electrons. The zero-order chi connectivity index (χ0) is 18.9. The van der Waals surface area contributed by atoms with Crippen LogP contribution in [-0.2, 0) is 7.05 Å². The van der Waals surface area contributed by atoms with Crippen LogP contribution in [0.5, 0.6) is 5.75 Å². The van der Waals surface area contributed by atoms with Crippen LogP contribution in [-0.4, -0.2) is 28.3 Å². The summed E-state index contributed by atoms with van der Waals surface area (Å²) in [7, 11) is 1.70. The summed E-state index contributed by atoms with van der Waals surface area (Å²) in [6.45, 7) is 0. The van der Waals surface area contributed by atoms with Crippen LogP contribution >= 0.6 is 0 Å². The minimum absolute atomic E-state index is 0.0389. The van der Waals surface area contributed by atoms with Crippen molar-refractivity contribution < 1.29 is 22.7 Å². The number of nitrogens with one attached hydrogen (secondary N) is 2. The minimum Gasteiger partial charge on any atom is -0.406 e. The molecule has 0 aliphatic heterocycles. The molecule has 26 heavy (non-hydrogen) atoms. The van der Waals surface area contributed by atoms with Crippen LogP contribution in [0.15, 0.2) is 42.5 Å². The lowest BCUT2D eigenvalue weighted by Gasteiger charge is -2.10. The summed E-state index contributed by atoms with van der Waals surface area (Å²) < 4.78 is 41.9. The second kappa shape index (κ2) is 6.51. The Hall–Kier alpha value is -3.36. The van der Waals surface area contributed by atoms with E-state index in [4.69, 9.17) is 5.41 Å². The van der Waals surface area contributed by atoms with Gasteiger partial charge in [-0.1, -0.05) is 6.07 Å². The van der Waals surface area contributed by atoms with Gasteiger partial charge in [-0.25, -0.2) is 0 Å². The third-order valence-corrected chi connectivity index (χ3v) is 3.63. The molecule has 0 spiro atoms. The average molecular weight is 362 g/mol. The fourth-order valence-corrected chi connectivity index (χ4v) is 2.45. The number of aromatic nitrogens is 2. The number of rotatable bonds is 4. The van der Waals surface area contributed by atoms with E-state index in [0.29, 0.717) is 27.8 Å². The summed E-state index contributed by atoms with van der Waals surface area (Å²) in [5.74, 6) is 0.00215. The first kappa shape index (κ1) is 17.5. The molecule has 0 unspecified atom stereocenters. The summed E-state index contributed by atoms with van der Waals surface area (Å²) >= 11 is 0. The standard InChI is InChI=1S/C17H13F3N4O2/c1-24-14-8-10(9-25)2-7-13(14)16(23-24)22-15(21)11-3-5-12(6-4-11)26-17(18,19)20/h2-9H,1H3,(H2,21,22,23). The Balaban J connectivity index is 1.82. The lowest BCUT2D eigenvalue weighted by Crippen LogP contribution is -2.17. The van der Waals surface area contributed by atoms with Crippen LogP contribution < -0.4 is 10.1 Å². The second-order valence-corrected chi connectivity index (χ2v) is 5.44. The van der Waals surface area contributed by atoms with Crippen LogP contribution in [0.2, 0.25) is 0 Å². The van der Waals surface area contributed by atoms with Crippen molar-refractivity contribution >= 4 is 28.8 Å². The number of halogens is 3. The molecule has 6 nitrogen and oxygen atoms in total. The van der Waals surface area contributed by atoms with Gasteiger partial charge in [-0.2, -0.15) is 5.10 Å². The maximum Gasteiger partial charge on any atom is 0.573 e. The monoisotopic (exact) mass is 362 g/mol. The Morgan fingerprint density at radius 1 is 1.23 bits per heavy atom. The molecule has 1 aromatic heterocycles. The van der Waals surface area contributed by atoms with E-state index >= 15 is 0 Å². The van der Waals surface area contributed by atoms with Gasteiger partial charge < -0.3 is 10.1 Å². The number of benzene rings is 2. The Morgan fingerprint density at radius 3 is 2.54 bits per heavy atom. The van der Waals surface area contributed by atoms with Gasteiger partial charge in [-0.3, -0.25) is 14.9 Å². The molecule has 2 aromatic carbocycles. The smallest absolute Gasteiger partial charge is 0.406 e. The first-order valence-electron chi connectivity index (χ1n) is 7.40. The summed E-state index contributed by atoms with van der Waals surface area (Å²) in [5.41, 5.74) is 1.57. The largest absolute Gasteiger partial charge is 0.573 e. The highest BCUT2D eigenvalue weighted by atomic mass is 19.4.